The number of fused-ring (bicyclic) bond motifs is 1. The van der Waals surface area contributed by atoms with Crippen molar-refractivity contribution in [2.75, 3.05) is 6.61 Å². The normalized spacial score (nSPS) is 12.3. The number of aryl methyl sites for hydroxylation is 1. The van der Waals surface area contributed by atoms with Crippen LogP contribution < -0.4 is 0 Å². The van der Waals surface area contributed by atoms with Gasteiger partial charge in [0, 0.05) is 18.2 Å². The lowest BCUT2D eigenvalue weighted by atomic mass is 10.0. The summed E-state index contributed by atoms with van der Waals surface area (Å²) in [6.45, 7) is 6.01. The number of benzene rings is 2. The van der Waals surface area contributed by atoms with E-state index in [0.717, 1.165) is 34.5 Å². The molecule has 0 spiro atoms. The minimum atomic E-state index is -0.323. The second kappa shape index (κ2) is 7.05. The molecule has 0 aliphatic rings. The molecule has 0 saturated carbocycles. The van der Waals surface area contributed by atoms with E-state index in [4.69, 9.17) is 4.74 Å². The molecule has 0 fully saturated rings. The van der Waals surface area contributed by atoms with E-state index in [1.807, 2.05) is 42.7 Å². The highest BCUT2D eigenvalue weighted by molar-refractivity contribution is 5.79. The Morgan fingerprint density at radius 1 is 1.20 bits per heavy atom. The Balaban J connectivity index is 2.01. The topological polar surface area (TPSA) is 44.1 Å². The lowest BCUT2D eigenvalue weighted by Crippen LogP contribution is -2.13. The first-order chi connectivity index (χ1) is 12.0. The van der Waals surface area contributed by atoms with Crippen molar-refractivity contribution in [2.45, 2.75) is 33.1 Å². The van der Waals surface area contributed by atoms with Crippen molar-refractivity contribution in [3.05, 3.63) is 59.7 Å². The number of nitrogens with zero attached hydrogens (tertiary/aromatic N) is 2. The number of carbonyl (C=O) groups is 1. The fourth-order valence-corrected chi connectivity index (χ4v) is 2.94. The van der Waals surface area contributed by atoms with Gasteiger partial charge in [-0.15, -0.1) is 0 Å². The van der Waals surface area contributed by atoms with Gasteiger partial charge in [0.15, 0.2) is 0 Å². The van der Waals surface area contributed by atoms with Gasteiger partial charge in [-0.05, 0) is 43.7 Å². The molecule has 0 N–H and O–H groups in total. The lowest BCUT2D eigenvalue weighted by Gasteiger charge is -2.13. The average Bonchev–Trinajstić information content (AvgIpc) is 2.99. The summed E-state index contributed by atoms with van der Waals surface area (Å²) in [5.74, 6) is 0.0203. The molecule has 0 aliphatic heterocycles. The van der Waals surface area contributed by atoms with Gasteiger partial charge in [-0.3, -0.25) is 9.36 Å². The van der Waals surface area contributed by atoms with Crippen molar-refractivity contribution in [3.8, 4) is 5.69 Å². The van der Waals surface area contributed by atoms with Crippen LogP contribution in [0.3, 0.4) is 0 Å². The summed E-state index contributed by atoms with van der Waals surface area (Å²) in [6.07, 6.45) is 0.733. The van der Waals surface area contributed by atoms with Crippen LogP contribution in [0.15, 0.2) is 42.5 Å². The lowest BCUT2D eigenvalue weighted by molar-refractivity contribution is -0.144. The smallest absolute Gasteiger partial charge is 0.313 e. The first kappa shape index (κ1) is 17.1. The van der Waals surface area contributed by atoms with Crippen LogP contribution in [0.1, 0.15) is 38.1 Å². The summed E-state index contributed by atoms with van der Waals surface area (Å²) < 4.78 is 20.7. The SMILES string of the molecule is CCOC(=O)C(C)c1ccc(-n2c(CC)nc3ccc(F)cc32)cc1. The van der Waals surface area contributed by atoms with E-state index in [1.54, 1.807) is 13.0 Å². The van der Waals surface area contributed by atoms with Crippen LogP contribution in [0.5, 0.6) is 0 Å². The van der Waals surface area contributed by atoms with E-state index in [-0.39, 0.29) is 17.7 Å². The van der Waals surface area contributed by atoms with Crippen molar-refractivity contribution in [2.24, 2.45) is 0 Å². The summed E-state index contributed by atoms with van der Waals surface area (Å²) in [4.78, 5) is 16.5. The number of hydrogen-bond donors (Lipinski definition) is 0. The minimum Gasteiger partial charge on any atom is -0.466 e. The molecular weight excluding hydrogens is 319 g/mol. The third-order valence-electron chi connectivity index (χ3n) is 4.29. The predicted octanol–water partition coefficient (Wildman–Crippen LogP) is 4.39. The van der Waals surface area contributed by atoms with E-state index < -0.39 is 0 Å². The van der Waals surface area contributed by atoms with Crippen molar-refractivity contribution in [3.63, 3.8) is 0 Å². The van der Waals surface area contributed by atoms with Gasteiger partial charge in [0.1, 0.15) is 11.6 Å². The fraction of sp³-hybridized carbons (Fsp3) is 0.300. The minimum absolute atomic E-state index is 0.236. The monoisotopic (exact) mass is 340 g/mol. The molecule has 3 aromatic rings. The summed E-state index contributed by atoms with van der Waals surface area (Å²) >= 11 is 0. The van der Waals surface area contributed by atoms with Crippen LogP contribution >= 0.6 is 0 Å². The predicted molar refractivity (Wildman–Crippen MR) is 95.5 cm³/mol. The highest BCUT2D eigenvalue weighted by atomic mass is 19.1. The second-order valence-corrected chi connectivity index (χ2v) is 5.92. The summed E-state index contributed by atoms with van der Waals surface area (Å²) in [5.41, 5.74) is 3.28. The van der Waals surface area contributed by atoms with Gasteiger partial charge in [-0.25, -0.2) is 9.37 Å². The number of carbonyl (C=O) groups excluding carboxylic acids is 1. The Hall–Kier alpha value is -2.69. The Kier molecular flexibility index (Phi) is 4.83. The fourth-order valence-electron chi connectivity index (χ4n) is 2.94. The first-order valence-electron chi connectivity index (χ1n) is 8.49. The molecular formula is C20H21FN2O2. The van der Waals surface area contributed by atoms with Gasteiger partial charge in [0.25, 0.3) is 0 Å². The number of esters is 1. The van der Waals surface area contributed by atoms with Crippen LogP contribution in [0, 0.1) is 5.82 Å². The summed E-state index contributed by atoms with van der Waals surface area (Å²) in [6, 6.07) is 12.3. The van der Waals surface area contributed by atoms with Gasteiger partial charge < -0.3 is 4.74 Å². The molecule has 2 aromatic carbocycles. The van der Waals surface area contributed by atoms with Gasteiger partial charge in [-0.2, -0.15) is 0 Å². The quantitative estimate of drug-likeness (QED) is 0.647. The molecule has 0 amide bonds. The maximum absolute atomic E-state index is 13.7. The highest BCUT2D eigenvalue weighted by Gasteiger charge is 2.17. The summed E-state index contributed by atoms with van der Waals surface area (Å²) in [7, 11) is 0. The standard InChI is InChI=1S/C20H21FN2O2/c1-4-19-22-17-11-8-15(21)12-18(17)23(19)16-9-6-14(7-10-16)13(3)20(24)25-5-2/h6-13H,4-5H2,1-3H3. The molecule has 5 heteroatoms. The van der Waals surface area contributed by atoms with Crippen molar-refractivity contribution in [1.29, 1.82) is 0 Å². The number of hydrogen-bond acceptors (Lipinski definition) is 3. The van der Waals surface area contributed by atoms with Crippen LogP contribution in [-0.2, 0) is 16.0 Å². The van der Waals surface area contributed by atoms with E-state index >= 15 is 0 Å². The molecule has 0 saturated heterocycles. The zero-order chi connectivity index (χ0) is 18.0. The Morgan fingerprint density at radius 2 is 1.92 bits per heavy atom. The van der Waals surface area contributed by atoms with E-state index in [1.165, 1.54) is 12.1 Å². The molecule has 0 bridgehead atoms. The molecule has 1 unspecified atom stereocenters. The van der Waals surface area contributed by atoms with Gasteiger partial charge >= 0.3 is 5.97 Å². The zero-order valence-electron chi connectivity index (χ0n) is 14.6. The Labute approximate surface area is 146 Å². The first-order valence-corrected chi connectivity index (χ1v) is 8.49. The Morgan fingerprint density at radius 3 is 2.56 bits per heavy atom. The highest BCUT2D eigenvalue weighted by Crippen LogP contribution is 2.25. The number of aromatic nitrogens is 2. The second-order valence-electron chi connectivity index (χ2n) is 5.92. The Bertz CT molecular complexity index is 900. The number of halogens is 1. The molecule has 0 radical (unpaired) electrons. The number of rotatable bonds is 5. The largest absolute Gasteiger partial charge is 0.466 e. The molecule has 25 heavy (non-hydrogen) atoms. The molecule has 130 valence electrons. The average molecular weight is 340 g/mol. The molecule has 1 heterocycles. The van der Waals surface area contributed by atoms with Gasteiger partial charge in [0.2, 0.25) is 0 Å². The van der Waals surface area contributed by atoms with Crippen LogP contribution in [0.25, 0.3) is 16.7 Å². The third kappa shape index (κ3) is 3.27. The van der Waals surface area contributed by atoms with Crippen LogP contribution in [0.2, 0.25) is 0 Å². The van der Waals surface area contributed by atoms with E-state index in [9.17, 15) is 9.18 Å². The maximum Gasteiger partial charge on any atom is 0.313 e. The van der Waals surface area contributed by atoms with E-state index in [2.05, 4.69) is 4.98 Å². The molecule has 4 nitrogen and oxygen atoms in total. The van der Waals surface area contributed by atoms with Crippen molar-refractivity contribution in [1.82, 2.24) is 9.55 Å². The van der Waals surface area contributed by atoms with Crippen LogP contribution in [0.4, 0.5) is 4.39 Å². The number of imidazole rings is 1. The molecule has 1 aromatic heterocycles. The number of ether oxygens (including phenoxy) is 1. The van der Waals surface area contributed by atoms with Crippen molar-refractivity contribution >= 4 is 17.0 Å². The van der Waals surface area contributed by atoms with Crippen LogP contribution in [-0.4, -0.2) is 22.1 Å². The van der Waals surface area contributed by atoms with E-state index in [0.29, 0.717) is 6.61 Å². The maximum atomic E-state index is 13.7. The molecule has 3 rings (SSSR count). The zero-order valence-corrected chi connectivity index (χ0v) is 14.6. The van der Waals surface area contributed by atoms with Gasteiger partial charge in [-0.1, -0.05) is 19.1 Å². The summed E-state index contributed by atoms with van der Waals surface area (Å²) in [5, 5.41) is 0. The van der Waals surface area contributed by atoms with Crippen molar-refractivity contribution < 1.29 is 13.9 Å². The molecule has 0 aliphatic carbocycles. The third-order valence-corrected chi connectivity index (χ3v) is 4.29. The van der Waals surface area contributed by atoms with Gasteiger partial charge in [0.05, 0.1) is 23.6 Å². The molecule has 1 atom stereocenters.